The van der Waals surface area contributed by atoms with Gasteiger partial charge in [-0.1, -0.05) is 0 Å². The molecule has 0 bridgehead atoms. The van der Waals surface area contributed by atoms with Crippen molar-refractivity contribution >= 4 is 31.3 Å². The summed E-state index contributed by atoms with van der Waals surface area (Å²) in [5.74, 6) is 0.0746. The minimum Gasteiger partial charge on any atom is -0.436 e. The molecule has 0 fully saturated rings. The summed E-state index contributed by atoms with van der Waals surface area (Å²) in [6, 6.07) is 4.32. The van der Waals surface area contributed by atoms with Crippen LogP contribution in [0.15, 0.2) is 27.5 Å². The Kier molecular flexibility index (Phi) is 4.06. The molecular formula is C13H13ClN2O4S. The summed E-state index contributed by atoms with van der Waals surface area (Å²) in [6.07, 6.45) is 0. The van der Waals surface area contributed by atoms with Crippen LogP contribution in [0.4, 0.5) is 5.69 Å². The monoisotopic (exact) mass is 328 g/mol. The first kappa shape index (κ1) is 15.5. The maximum absolute atomic E-state index is 12.1. The van der Waals surface area contributed by atoms with E-state index in [9.17, 15) is 13.2 Å². The van der Waals surface area contributed by atoms with E-state index in [1.54, 1.807) is 20.8 Å². The fraction of sp³-hybridized carbons (Fsp3) is 0.231. The van der Waals surface area contributed by atoms with E-state index in [-0.39, 0.29) is 10.7 Å². The number of aryl methyl sites for hydroxylation is 3. The van der Waals surface area contributed by atoms with E-state index in [4.69, 9.17) is 15.1 Å². The van der Waals surface area contributed by atoms with E-state index in [0.29, 0.717) is 22.8 Å². The van der Waals surface area contributed by atoms with Crippen molar-refractivity contribution < 1.29 is 17.6 Å². The average Bonchev–Trinajstić information content (AvgIpc) is 2.67. The first-order valence-corrected chi connectivity index (χ1v) is 8.30. The molecule has 112 valence electrons. The van der Waals surface area contributed by atoms with Gasteiger partial charge in [-0.15, -0.1) is 0 Å². The Balaban J connectivity index is 2.27. The van der Waals surface area contributed by atoms with Crippen molar-refractivity contribution in [3.63, 3.8) is 0 Å². The number of rotatable bonds is 3. The first-order valence-electron chi connectivity index (χ1n) is 5.99. The van der Waals surface area contributed by atoms with E-state index in [2.05, 4.69) is 10.3 Å². The average molecular weight is 329 g/mol. The second kappa shape index (κ2) is 5.50. The van der Waals surface area contributed by atoms with Crippen molar-refractivity contribution in [3.8, 4) is 0 Å². The van der Waals surface area contributed by atoms with E-state index in [0.717, 1.165) is 0 Å². The molecule has 8 heteroatoms. The van der Waals surface area contributed by atoms with Crippen LogP contribution in [-0.4, -0.2) is 19.3 Å². The van der Waals surface area contributed by atoms with Gasteiger partial charge < -0.3 is 9.73 Å². The number of oxazole rings is 1. The number of halogens is 1. The van der Waals surface area contributed by atoms with Crippen molar-refractivity contribution in [2.75, 3.05) is 5.32 Å². The second-order valence-electron chi connectivity index (χ2n) is 4.52. The Bertz CT molecular complexity index is 812. The number of benzene rings is 1. The quantitative estimate of drug-likeness (QED) is 0.875. The summed E-state index contributed by atoms with van der Waals surface area (Å²) in [7, 11) is 1.50. The van der Waals surface area contributed by atoms with Gasteiger partial charge in [-0.3, -0.25) is 4.79 Å². The van der Waals surface area contributed by atoms with Gasteiger partial charge in [-0.25, -0.2) is 13.4 Å². The van der Waals surface area contributed by atoms with Crippen LogP contribution in [0, 0.1) is 20.8 Å². The first-order chi connectivity index (χ1) is 9.68. The number of carbonyl (C=O) groups excluding carboxylic acids is 1. The minimum absolute atomic E-state index is 0.00820. The molecule has 1 aromatic carbocycles. The highest BCUT2D eigenvalue weighted by Crippen LogP contribution is 2.23. The molecule has 0 aliphatic rings. The summed E-state index contributed by atoms with van der Waals surface area (Å²) in [4.78, 5) is 16.1. The number of nitrogens with zero attached hydrogens (tertiary/aromatic N) is 1. The molecule has 1 aromatic heterocycles. The molecule has 1 heterocycles. The highest BCUT2D eigenvalue weighted by molar-refractivity contribution is 8.13. The normalized spacial score (nSPS) is 11.4. The Labute approximate surface area is 126 Å². The van der Waals surface area contributed by atoms with E-state index in [1.807, 2.05) is 0 Å². The molecule has 2 aromatic rings. The summed E-state index contributed by atoms with van der Waals surface area (Å²) < 4.78 is 27.8. The third-order valence-electron chi connectivity index (χ3n) is 2.81. The molecule has 0 radical (unpaired) electrons. The smallest absolute Gasteiger partial charge is 0.293 e. The molecule has 0 saturated heterocycles. The lowest BCUT2D eigenvalue weighted by Crippen LogP contribution is -2.12. The number of hydrogen-bond donors (Lipinski definition) is 1. The topological polar surface area (TPSA) is 89.3 Å². The molecule has 1 N–H and O–H groups in total. The number of amides is 1. The second-order valence-corrected chi connectivity index (χ2v) is 7.05. The summed E-state index contributed by atoms with van der Waals surface area (Å²) >= 11 is 0. The lowest BCUT2D eigenvalue weighted by molar-refractivity contribution is 0.0994. The molecule has 1 amide bonds. The van der Waals surface area contributed by atoms with Crippen LogP contribution >= 0.6 is 10.7 Å². The van der Waals surface area contributed by atoms with Crippen LogP contribution in [0.3, 0.4) is 0 Å². The maximum atomic E-state index is 12.1. The third kappa shape index (κ3) is 3.43. The summed E-state index contributed by atoms with van der Waals surface area (Å²) in [5, 5.41) is 2.62. The fourth-order valence-electron chi connectivity index (χ4n) is 1.93. The van der Waals surface area contributed by atoms with Gasteiger partial charge in [0.15, 0.2) is 5.89 Å². The molecule has 0 spiro atoms. The molecule has 21 heavy (non-hydrogen) atoms. The van der Waals surface area contributed by atoms with Gasteiger partial charge >= 0.3 is 0 Å². The standard InChI is InChI=1S/C13H13ClN2O4S/c1-7-6-10(4-5-11(7)21(14,18)19)16-13(17)12-8(2)15-9(3)20-12/h4-6H,1-3H3,(H,16,17). The molecule has 0 aliphatic heterocycles. The maximum Gasteiger partial charge on any atom is 0.293 e. The Morgan fingerprint density at radius 2 is 1.95 bits per heavy atom. The van der Waals surface area contributed by atoms with Crippen LogP contribution in [-0.2, 0) is 9.05 Å². The van der Waals surface area contributed by atoms with Crippen molar-refractivity contribution in [1.82, 2.24) is 4.98 Å². The van der Waals surface area contributed by atoms with Gasteiger partial charge in [-0.05, 0) is 37.6 Å². The zero-order valence-electron chi connectivity index (χ0n) is 11.6. The predicted octanol–water partition coefficient (Wildman–Crippen LogP) is 2.78. The van der Waals surface area contributed by atoms with Gasteiger partial charge in [0.1, 0.15) is 0 Å². The van der Waals surface area contributed by atoms with Gasteiger partial charge in [0, 0.05) is 23.3 Å². The Morgan fingerprint density at radius 1 is 1.29 bits per heavy atom. The van der Waals surface area contributed by atoms with Crippen molar-refractivity contribution in [2.45, 2.75) is 25.7 Å². The fourth-order valence-corrected chi connectivity index (χ4v) is 3.12. The van der Waals surface area contributed by atoms with Crippen LogP contribution in [0.1, 0.15) is 27.7 Å². The zero-order chi connectivity index (χ0) is 15.8. The van der Waals surface area contributed by atoms with Crippen LogP contribution in [0.2, 0.25) is 0 Å². The van der Waals surface area contributed by atoms with Gasteiger partial charge in [-0.2, -0.15) is 0 Å². The Hall–Kier alpha value is -1.86. The van der Waals surface area contributed by atoms with Gasteiger partial charge in [0.2, 0.25) is 5.76 Å². The Morgan fingerprint density at radius 3 is 2.43 bits per heavy atom. The van der Waals surface area contributed by atoms with E-state index >= 15 is 0 Å². The van der Waals surface area contributed by atoms with Crippen LogP contribution in [0.25, 0.3) is 0 Å². The third-order valence-corrected chi connectivity index (χ3v) is 4.29. The van der Waals surface area contributed by atoms with E-state index in [1.165, 1.54) is 18.2 Å². The SMILES string of the molecule is Cc1nc(C)c(C(=O)Nc2ccc(S(=O)(=O)Cl)c(C)c2)o1. The number of hydrogen-bond acceptors (Lipinski definition) is 5. The molecule has 0 saturated carbocycles. The minimum atomic E-state index is -3.80. The lowest BCUT2D eigenvalue weighted by Gasteiger charge is -2.07. The summed E-state index contributed by atoms with van der Waals surface area (Å²) in [5.41, 5.74) is 1.37. The summed E-state index contributed by atoms with van der Waals surface area (Å²) in [6.45, 7) is 4.91. The van der Waals surface area contributed by atoms with E-state index < -0.39 is 15.0 Å². The highest BCUT2D eigenvalue weighted by Gasteiger charge is 2.18. The molecule has 6 nitrogen and oxygen atoms in total. The van der Waals surface area contributed by atoms with Gasteiger partial charge in [0.25, 0.3) is 15.0 Å². The molecule has 0 unspecified atom stereocenters. The lowest BCUT2D eigenvalue weighted by atomic mass is 10.2. The highest BCUT2D eigenvalue weighted by atomic mass is 35.7. The van der Waals surface area contributed by atoms with Crippen LogP contribution < -0.4 is 5.32 Å². The van der Waals surface area contributed by atoms with Crippen molar-refractivity contribution in [2.24, 2.45) is 0 Å². The molecule has 0 atom stereocenters. The number of carbonyl (C=O) groups is 1. The van der Waals surface area contributed by atoms with Crippen LogP contribution in [0.5, 0.6) is 0 Å². The number of aromatic nitrogens is 1. The largest absolute Gasteiger partial charge is 0.436 e. The number of anilines is 1. The predicted molar refractivity (Wildman–Crippen MR) is 78.1 cm³/mol. The van der Waals surface area contributed by atoms with Gasteiger partial charge in [0.05, 0.1) is 10.6 Å². The van der Waals surface area contributed by atoms with Crippen molar-refractivity contribution in [1.29, 1.82) is 0 Å². The molecule has 2 rings (SSSR count). The number of nitrogens with one attached hydrogen (secondary N) is 1. The zero-order valence-corrected chi connectivity index (χ0v) is 13.2. The molecule has 0 aliphatic carbocycles. The molecular weight excluding hydrogens is 316 g/mol. The van der Waals surface area contributed by atoms with Crippen molar-refractivity contribution in [3.05, 3.63) is 41.1 Å².